The Morgan fingerprint density at radius 2 is 1.78 bits per heavy atom. The van der Waals surface area contributed by atoms with E-state index >= 15 is 0 Å². The molecule has 0 atom stereocenters. The number of nitrogens with one attached hydrogen (secondary N) is 1. The third-order valence-electron chi connectivity index (χ3n) is 4.89. The van der Waals surface area contributed by atoms with E-state index in [0.717, 1.165) is 34.5 Å². The molecule has 8 heteroatoms. The number of hydrogen-bond donors (Lipinski definition) is 1. The number of carbonyl (C=O) groups is 2. The van der Waals surface area contributed by atoms with E-state index in [1.165, 1.54) is 44.5 Å². The molecule has 32 heavy (non-hydrogen) atoms. The molecular weight excluding hydrogens is 442 g/mol. The summed E-state index contributed by atoms with van der Waals surface area (Å²) in [4.78, 5) is 29.4. The number of benzene rings is 1. The largest absolute Gasteiger partial charge is 0.494 e. The van der Waals surface area contributed by atoms with Crippen molar-refractivity contribution in [2.24, 2.45) is 0 Å². The number of pyridine rings is 1. The predicted molar refractivity (Wildman–Crippen MR) is 132 cm³/mol. The van der Waals surface area contributed by atoms with Gasteiger partial charge in [0.15, 0.2) is 4.32 Å². The Morgan fingerprint density at radius 3 is 2.50 bits per heavy atom. The van der Waals surface area contributed by atoms with Gasteiger partial charge in [-0.2, -0.15) is 5.01 Å². The molecule has 0 saturated carbocycles. The van der Waals surface area contributed by atoms with Gasteiger partial charge in [-0.25, -0.2) is 0 Å². The van der Waals surface area contributed by atoms with E-state index in [1.807, 2.05) is 24.3 Å². The molecular formula is C24H27N3O3S2. The fourth-order valence-corrected chi connectivity index (χ4v) is 4.30. The Hall–Kier alpha value is -2.71. The monoisotopic (exact) mass is 469 g/mol. The molecule has 1 N–H and O–H groups in total. The van der Waals surface area contributed by atoms with Crippen molar-refractivity contribution >= 4 is 46.2 Å². The summed E-state index contributed by atoms with van der Waals surface area (Å²) in [5.74, 6) is 0.0375. The molecule has 3 rings (SSSR count). The molecule has 1 aromatic carbocycles. The highest BCUT2D eigenvalue weighted by molar-refractivity contribution is 8.26. The SMILES string of the molecule is CCCCCCCCOc1ccc(/C=C2/SC(=S)N(NC(=O)c3ccncc3)C2=O)cc1. The summed E-state index contributed by atoms with van der Waals surface area (Å²) in [6, 6.07) is 10.7. The van der Waals surface area contributed by atoms with Crippen LogP contribution in [0.3, 0.4) is 0 Å². The highest BCUT2D eigenvalue weighted by Crippen LogP contribution is 2.31. The van der Waals surface area contributed by atoms with Crippen LogP contribution in [0.4, 0.5) is 0 Å². The van der Waals surface area contributed by atoms with Crippen molar-refractivity contribution in [3.8, 4) is 5.75 Å². The van der Waals surface area contributed by atoms with Crippen LogP contribution in [0.5, 0.6) is 5.75 Å². The first-order valence-corrected chi connectivity index (χ1v) is 12.0. The lowest BCUT2D eigenvalue weighted by Crippen LogP contribution is -2.44. The second kappa shape index (κ2) is 12.4. The number of ether oxygens (including phenoxy) is 1. The quantitative estimate of drug-likeness (QED) is 0.271. The second-order valence-electron chi connectivity index (χ2n) is 7.38. The molecule has 1 aromatic heterocycles. The predicted octanol–water partition coefficient (Wildman–Crippen LogP) is 5.37. The lowest BCUT2D eigenvalue weighted by atomic mass is 10.1. The van der Waals surface area contributed by atoms with Crippen molar-refractivity contribution in [1.82, 2.24) is 15.4 Å². The van der Waals surface area contributed by atoms with Gasteiger partial charge in [-0.1, -0.05) is 62.9 Å². The summed E-state index contributed by atoms with van der Waals surface area (Å²) >= 11 is 6.43. The molecule has 1 saturated heterocycles. The third kappa shape index (κ3) is 6.90. The summed E-state index contributed by atoms with van der Waals surface area (Å²) in [5, 5.41) is 1.10. The minimum absolute atomic E-state index is 0.280. The molecule has 2 heterocycles. The number of hydrazine groups is 1. The van der Waals surface area contributed by atoms with E-state index in [0.29, 0.717) is 17.1 Å². The first-order valence-electron chi connectivity index (χ1n) is 10.8. The van der Waals surface area contributed by atoms with E-state index in [4.69, 9.17) is 17.0 Å². The molecule has 2 aromatic rings. The maximum absolute atomic E-state index is 12.7. The van der Waals surface area contributed by atoms with Gasteiger partial charge < -0.3 is 4.74 Å². The first kappa shape index (κ1) is 23.9. The van der Waals surface area contributed by atoms with Gasteiger partial charge in [0.2, 0.25) is 0 Å². The first-order chi connectivity index (χ1) is 15.6. The van der Waals surface area contributed by atoms with Crippen LogP contribution in [-0.2, 0) is 4.79 Å². The van der Waals surface area contributed by atoms with Crippen molar-refractivity contribution in [3.63, 3.8) is 0 Å². The topological polar surface area (TPSA) is 71.5 Å². The molecule has 1 fully saturated rings. The average Bonchev–Trinajstić information content (AvgIpc) is 3.07. The number of carbonyl (C=O) groups excluding carboxylic acids is 2. The van der Waals surface area contributed by atoms with E-state index < -0.39 is 5.91 Å². The van der Waals surface area contributed by atoms with Crippen molar-refractivity contribution in [2.45, 2.75) is 45.4 Å². The van der Waals surface area contributed by atoms with Crippen LogP contribution < -0.4 is 10.2 Å². The highest BCUT2D eigenvalue weighted by Gasteiger charge is 2.33. The summed E-state index contributed by atoms with van der Waals surface area (Å²) < 4.78 is 6.08. The van der Waals surface area contributed by atoms with E-state index in [9.17, 15) is 9.59 Å². The molecule has 1 aliphatic rings. The molecule has 2 amide bonds. The zero-order valence-electron chi connectivity index (χ0n) is 18.1. The number of aromatic nitrogens is 1. The van der Waals surface area contributed by atoms with Crippen LogP contribution in [0, 0.1) is 0 Å². The Kier molecular flexibility index (Phi) is 9.25. The molecule has 6 nitrogen and oxygen atoms in total. The fraction of sp³-hybridized carbons (Fsp3) is 0.333. The Morgan fingerprint density at radius 1 is 1.09 bits per heavy atom. The van der Waals surface area contributed by atoms with E-state index in [-0.39, 0.29) is 10.2 Å². The van der Waals surface area contributed by atoms with Gasteiger partial charge in [0.1, 0.15) is 5.75 Å². The normalized spacial score (nSPS) is 14.8. The van der Waals surface area contributed by atoms with Gasteiger partial charge >= 0.3 is 0 Å². The number of nitrogens with zero attached hydrogens (tertiary/aromatic N) is 2. The van der Waals surface area contributed by atoms with Gasteiger partial charge in [0.25, 0.3) is 11.8 Å². The maximum atomic E-state index is 12.7. The van der Waals surface area contributed by atoms with Gasteiger partial charge in [-0.3, -0.25) is 20.0 Å². The number of amides is 2. The van der Waals surface area contributed by atoms with Gasteiger partial charge in [0, 0.05) is 18.0 Å². The van der Waals surface area contributed by atoms with Crippen LogP contribution in [0.1, 0.15) is 61.4 Å². The highest BCUT2D eigenvalue weighted by atomic mass is 32.2. The number of hydrogen-bond acceptors (Lipinski definition) is 6. The van der Waals surface area contributed by atoms with Crippen molar-refractivity contribution in [1.29, 1.82) is 0 Å². The molecule has 0 spiro atoms. The molecule has 168 valence electrons. The lowest BCUT2D eigenvalue weighted by molar-refractivity contribution is -0.123. The van der Waals surface area contributed by atoms with Crippen LogP contribution in [0.25, 0.3) is 6.08 Å². The number of thiocarbonyl (C=S) groups is 1. The van der Waals surface area contributed by atoms with Crippen molar-refractivity contribution in [3.05, 3.63) is 64.8 Å². The zero-order chi connectivity index (χ0) is 22.8. The molecule has 0 unspecified atom stereocenters. The Bertz CT molecular complexity index is 962. The number of unbranched alkanes of at least 4 members (excludes halogenated alkanes) is 5. The van der Waals surface area contributed by atoms with Crippen LogP contribution in [0.2, 0.25) is 0 Å². The van der Waals surface area contributed by atoms with Crippen LogP contribution in [-0.4, -0.2) is 32.7 Å². The minimum Gasteiger partial charge on any atom is -0.494 e. The van der Waals surface area contributed by atoms with Crippen molar-refractivity contribution in [2.75, 3.05) is 6.61 Å². The van der Waals surface area contributed by atoms with E-state index in [2.05, 4.69) is 17.3 Å². The maximum Gasteiger partial charge on any atom is 0.285 e. The minimum atomic E-state index is -0.420. The summed E-state index contributed by atoms with van der Waals surface area (Å²) in [7, 11) is 0. The standard InChI is InChI=1S/C24H27N3O3S2/c1-2-3-4-5-6-7-16-30-20-10-8-18(9-11-20)17-21-23(29)27(24(31)32-21)26-22(28)19-12-14-25-15-13-19/h8-15,17H,2-7,16H2,1H3,(H,26,28)/b21-17+. The average molecular weight is 470 g/mol. The summed E-state index contributed by atoms with van der Waals surface area (Å²) in [5.41, 5.74) is 3.82. The third-order valence-corrected chi connectivity index (χ3v) is 6.20. The van der Waals surface area contributed by atoms with Crippen LogP contribution >= 0.6 is 24.0 Å². The van der Waals surface area contributed by atoms with Crippen molar-refractivity contribution < 1.29 is 14.3 Å². The smallest absolute Gasteiger partial charge is 0.285 e. The molecule has 0 aliphatic carbocycles. The zero-order valence-corrected chi connectivity index (χ0v) is 19.7. The molecule has 0 bridgehead atoms. The Labute approximate surface area is 198 Å². The molecule has 1 aliphatic heterocycles. The summed E-state index contributed by atoms with van der Waals surface area (Å²) in [6.45, 7) is 2.93. The number of rotatable bonds is 11. The van der Waals surface area contributed by atoms with Crippen LogP contribution in [0.15, 0.2) is 53.7 Å². The lowest BCUT2D eigenvalue weighted by Gasteiger charge is -2.15. The van der Waals surface area contributed by atoms with Gasteiger partial charge in [0.05, 0.1) is 11.5 Å². The molecule has 0 radical (unpaired) electrons. The summed E-state index contributed by atoms with van der Waals surface area (Å²) in [6.07, 6.45) is 12.2. The van der Waals surface area contributed by atoms with E-state index in [1.54, 1.807) is 18.2 Å². The Balaban J connectivity index is 1.51. The fourth-order valence-electron chi connectivity index (χ4n) is 3.12. The van der Waals surface area contributed by atoms with Gasteiger partial charge in [-0.15, -0.1) is 0 Å². The second-order valence-corrected chi connectivity index (χ2v) is 9.05. The van der Waals surface area contributed by atoms with Gasteiger partial charge in [-0.05, 0) is 54.5 Å². The number of thioether (sulfide) groups is 1.